The largest absolute Gasteiger partial charge is 0.545 e. The van der Waals surface area contributed by atoms with Gasteiger partial charge in [-0.2, -0.15) is 0 Å². The van der Waals surface area contributed by atoms with Crippen molar-refractivity contribution in [3.63, 3.8) is 0 Å². The van der Waals surface area contributed by atoms with Gasteiger partial charge in [0.25, 0.3) is 0 Å². The number of thiophene rings is 1. The lowest BCUT2D eigenvalue weighted by Crippen LogP contribution is -3.11. The summed E-state index contributed by atoms with van der Waals surface area (Å²) in [5.41, 5.74) is 1.05. The number of carbonyl (C=O) groups excluding carboxylic acids is 2. The summed E-state index contributed by atoms with van der Waals surface area (Å²) in [6.45, 7) is 6.65. The number of nitrogens with one attached hydrogen (secondary N) is 2. The molecule has 2 heterocycles. The van der Waals surface area contributed by atoms with Crippen LogP contribution in [0.5, 0.6) is 0 Å². The van der Waals surface area contributed by atoms with E-state index in [4.69, 9.17) is 0 Å². The van der Waals surface area contributed by atoms with Crippen LogP contribution in [-0.4, -0.2) is 25.0 Å². The molecule has 0 radical (unpaired) electrons. The van der Waals surface area contributed by atoms with E-state index in [2.05, 4.69) is 12.2 Å². The van der Waals surface area contributed by atoms with Gasteiger partial charge in [-0.3, -0.25) is 4.79 Å². The highest BCUT2D eigenvalue weighted by Gasteiger charge is 2.26. The monoisotopic (exact) mass is 282 g/mol. The first-order chi connectivity index (χ1) is 9.06. The van der Waals surface area contributed by atoms with Gasteiger partial charge in [-0.1, -0.05) is 6.92 Å². The first-order valence-electron chi connectivity index (χ1n) is 6.56. The van der Waals surface area contributed by atoms with Crippen LogP contribution in [0.2, 0.25) is 0 Å². The van der Waals surface area contributed by atoms with E-state index in [1.807, 2.05) is 0 Å². The zero-order chi connectivity index (χ0) is 14.0. The smallest absolute Gasteiger partial charge is 0.224 e. The second kappa shape index (κ2) is 5.71. The number of carbonyl (C=O) groups is 2. The zero-order valence-corrected chi connectivity index (χ0v) is 12.0. The Bertz CT molecular complexity index is 510. The molecule has 1 aromatic rings. The van der Waals surface area contributed by atoms with E-state index in [0.717, 1.165) is 36.5 Å². The van der Waals surface area contributed by atoms with Crippen LogP contribution < -0.4 is 15.3 Å². The van der Waals surface area contributed by atoms with E-state index >= 15 is 0 Å². The molecule has 0 saturated carbocycles. The molecule has 5 nitrogen and oxygen atoms in total. The van der Waals surface area contributed by atoms with Crippen molar-refractivity contribution in [2.24, 2.45) is 0 Å². The molecule has 19 heavy (non-hydrogen) atoms. The van der Waals surface area contributed by atoms with Crippen molar-refractivity contribution in [1.29, 1.82) is 0 Å². The average molecular weight is 282 g/mol. The molecular formula is C13H18N2O3S. The van der Waals surface area contributed by atoms with Crippen LogP contribution in [-0.2, 0) is 17.8 Å². The maximum Gasteiger partial charge on any atom is 0.224 e. The standard InChI is InChI=1S/C13H18N2O3S/c1-3-10(16)14-12-11(13(17)18)8-5-6-15(4-2)7-9(8)19-12/h3-7H2,1-2H3,(H,14,16)(H,17,18). The minimum Gasteiger partial charge on any atom is -0.545 e. The molecule has 1 aliphatic rings. The Labute approximate surface area is 116 Å². The lowest BCUT2D eigenvalue weighted by Gasteiger charge is -2.23. The second-order valence-electron chi connectivity index (χ2n) is 4.68. The third-order valence-corrected chi connectivity index (χ3v) is 4.66. The van der Waals surface area contributed by atoms with E-state index in [-0.39, 0.29) is 11.5 Å². The number of aromatic carboxylic acids is 1. The fourth-order valence-corrected chi connectivity index (χ4v) is 3.68. The molecule has 0 aromatic carbocycles. The summed E-state index contributed by atoms with van der Waals surface area (Å²) in [5.74, 6) is -1.36. The topological polar surface area (TPSA) is 73.7 Å². The van der Waals surface area contributed by atoms with Crippen LogP contribution in [0.15, 0.2) is 0 Å². The third-order valence-electron chi connectivity index (χ3n) is 3.51. The van der Waals surface area contributed by atoms with Crippen LogP contribution in [0.1, 0.15) is 41.1 Å². The number of quaternary nitrogens is 1. The number of amides is 1. The highest BCUT2D eigenvalue weighted by molar-refractivity contribution is 7.16. The van der Waals surface area contributed by atoms with Gasteiger partial charge < -0.3 is 20.1 Å². The van der Waals surface area contributed by atoms with E-state index in [9.17, 15) is 14.7 Å². The molecule has 1 aromatic heterocycles. The molecule has 0 saturated heterocycles. The first kappa shape index (κ1) is 14.0. The number of anilines is 1. The van der Waals surface area contributed by atoms with Crippen LogP contribution >= 0.6 is 11.3 Å². The minimum absolute atomic E-state index is 0.166. The van der Waals surface area contributed by atoms with Crippen molar-refractivity contribution in [3.05, 3.63) is 16.0 Å². The van der Waals surface area contributed by atoms with Crippen molar-refractivity contribution in [2.75, 3.05) is 18.4 Å². The number of hydrogen-bond donors (Lipinski definition) is 2. The van der Waals surface area contributed by atoms with Gasteiger partial charge in [0.2, 0.25) is 5.91 Å². The maximum atomic E-state index is 11.5. The SMILES string of the molecule is CCC(=O)Nc1sc2c(c1C(=O)[O-])CC[NH+](CC)C2. The van der Waals surface area contributed by atoms with E-state index in [0.29, 0.717) is 11.4 Å². The normalized spacial score (nSPS) is 17.9. The van der Waals surface area contributed by atoms with Crippen molar-refractivity contribution < 1.29 is 19.6 Å². The van der Waals surface area contributed by atoms with Crippen molar-refractivity contribution in [2.45, 2.75) is 33.2 Å². The van der Waals surface area contributed by atoms with Crippen LogP contribution in [0.4, 0.5) is 5.00 Å². The molecule has 6 heteroatoms. The predicted octanol–water partition coefficient (Wildman–Crippen LogP) is -0.579. The first-order valence-corrected chi connectivity index (χ1v) is 7.37. The zero-order valence-electron chi connectivity index (χ0n) is 11.2. The van der Waals surface area contributed by atoms with Gasteiger partial charge >= 0.3 is 0 Å². The lowest BCUT2D eigenvalue weighted by molar-refractivity contribution is -0.913. The summed E-state index contributed by atoms with van der Waals surface area (Å²) in [6, 6.07) is 0. The number of fused-ring (bicyclic) bond motifs is 1. The lowest BCUT2D eigenvalue weighted by atomic mass is 10.0. The Morgan fingerprint density at radius 2 is 2.16 bits per heavy atom. The van der Waals surface area contributed by atoms with Crippen LogP contribution in [0.3, 0.4) is 0 Å². The highest BCUT2D eigenvalue weighted by atomic mass is 32.1. The van der Waals surface area contributed by atoms with Gasteiger partial charge in [0.1, 0.15) is 11.5 Å². The second-order valence-corrected chi connectivity index (χ2v) is 5.78. The Morgan fingerprint density at radius 3 is 2.74 bits per heavy atom. The number of carboxylic acids is 1. The Balaban J connectivity index is 2.36. The molecule has 1 amide bonds. The molecule has 0 bridgehead atoms. The fourth-order valence-electron chi connectivity index (χ4n) is 2.36. The van der Waals surface area contributed by atoms with Crippen LogP contribution in [0, 0.1) is 0 Å². The molecule has 1 aliphatic heterocycles. The maximum absolute atomic E-state index is 11.5. The summed E-state index contributed by atoms with van der Waals surface area (Å²) in [5, 5.41) is 14.4. The summed E-state index contributed by atoms with van der Waals surface area (Å²) in [4.78, 5) is 25.3. The number of hydrogen-bond acceptors (Lipinski definition) is 4. The Kier molecular flexibility index (Phi) is 4.21. The summed E-state index contributed by atoms with van der Waals surface area (Å²) in [7, 11) is 0. The van der Waals surface area contributed by atoms with E-state index in [1.165, 1.54) is 16.2 Å². The third kappa shape index (κ3) is 2.79. The molecule has 0 spiro atoms. The number of likely N-dealkylation sites (N-methyl/N-ethyl adjacent to an activating group) is 1. The highest BCUT2D eigenvalue weighted by Crippen LogP contribution is 2.34. The summed E-state index contributed by atoms with van der Waals surface area (Å²) >= 11 is 1.38. The van der Waals surface area contributed by atoms with Gasteiger partial charge in [0.05, 0.1) is 23.9 Å². The number of carboxylic acid groups (broad SMARTS) is 1. The van der Waals surface area contributed by atoms with Gasteiger partial charge in [-0.25, -0.2) is 0 Å². The molecule has 0 aliphatic carbocycles. The minimum atomic E-state index is -1.19. The molecule has 1 atom stereocenters. The quantitative estimate of drug-likeness (QED) is 0.776. The molecule has 2 rings (SSSR count). The fraction of sp³-hybridized carbons (Fsp3) is 0.538. The van der Waals surface area contributed by atoms with Gasteiger partial charge in [-0.05, 0) is 12.5 Å². The van der Waals surface area contributed by atoms with E-state index in [1.54, 1.807) is 6.92 Å². The summed E-state index contributed by atoms with van der Waals surface area (Å²) < 4.78 is 0. The van der Waals surface area contributed by atoms with Gasteiger partial charge in [0.15, 0.2) is 0 Å². The predicted molar refractivity (Wildman–Crippen MR) is 71.3 cm³/mol. The molecular weight excluding hydrogens is 264 g/mol. The summed E-state index contributed by atoms with van der Waals surface area (Å²) in [6.07, 6.45) is 1.07. The van der Waals surface area contributed by atoms with Crippen molar-refractivity contribution in [3.8, 4) is 0 Å². The molecule has 1 unspecified atom stereocenters. The molecule has 104 valence electrons. The molecule has 0 fully saturated rings. The van der Waals surface area contributed by atoms with Crippen molar-refractivity contribution >= 4 is 28.2 Å². The van der Waals surface area contributed by atoms with Gasteiger partial charge in [0, 0.05) is 18.4 Å². The van der Waals surface area contributed by atoms with E-state index < -0.39 is 5.97 Å². The average Bonchev–Trinajstić information content (AvgIpc) is 2.74. The Hall–Kier alpha value is -1.40. The number of rotatable bonds is 4. The van der Waals surface area contributed by atoms with Crippen molar-refractivity contribution in [1.82, 2.24) is 0 Å². The van der Waals surface area contributed by atoms with Crippen LogP contribution in [0.25, 0.3) is 0 Å². The van der Waals surface area contributed by atoms with Gasteiger partial charge in [-0.15, -0.1) is 11.3 Å². The Morgan fingerprint density at radius 1 is 1.42 bits per heavy atom. The molecule has 2 N–H and O–H groups in total.